The van der Waals surface area contributed by atoms with Gasteiger partial charge in [0.2, 0.25) is 0 Å². The summed E-state index contributed by atoms with van der Waals surface area (Å²) in [5, 5.41) is 10.9. The number of aryl methyl sites for hydroxylation is 1. The zero-order valence-corrected chi connectivity index (χ0v) is 15.3. The molecule has 3 fully saturated rings. The standard InChI is InChI=1S/C22H29NO2/c1-14-5-6-16-11-19-18-8-7-17(24)12-22(18,20(16)21(14)25)9-10-23(19)13-15-3-2-4-15/h5-6,15,18-19,25H,2-4,7-13H2,1H3/t18-,19+,22-/m1/s1. The second-order valence-electron chi connectivity index (χ2n) is 9.10. The molecule has 3 heteroatoms. The highest BCUT2D eigenvalue weighted by molar-refractivity contribution is 5.82. The number of benzene rings is 1. The van der Waals surface area contributed by atoms with Crippen LogP contribution in [0.25, 0.3) is 0 Å². The third-order valence-electron chi connectivity index (χ3n) is 7.85. The quantitative estimate of drug-likeness (QED) is 0.892. The number of Topliss-reactive ketones (excluding diaryl/α,β-unsaturated/α-hetero) is 1. The SMILES string of the molecule is Cc1ccc2c(c1O)[C@@]13CCN(CC4CCC4)[C@@H](C2)[C@H]1CCC(=O)C3. The van der Waals surface area contributed by atoms with Crippen LogP contribution in [-0.4, -0.2) is 34.9 Å². The highest BCUT2D eigenvalue weighted by atomic mass is 16.3. The number of hydrogen-bond donors (Lipinski definition) is 1. The van der Waals surface area contributed by atoms with Gasteiger partial charge in [0.25, 0.3) is 0 Å². The van der Waals surface area contributed by atoms with E-state index in [9.17, 15) is 9.90 Å². The van der Waals surface area contributed by atoms with Crippen molar-refractivity contribution >= 4 is 5.78 Å². The molecule has 2 saturated carbocycles. The minimum Gasteiger partial charge on any atom is -0.507 e. The van der Waals surface area contributed by atoms with E-state index < -0.39 is 0 Å². The van der Waals surface area contributed by atoms with Crippen LogP contribution in [0.1, 0.15) is 61.6 Å². The number of phenols is 1. The number of piperidine rings is 1. The highest BCUT2D eigenvalue weighted by Gasteiger charge is 2.56. The monoisotopic (exact) mass is 339 g/mol. The van der Waals surface area contributed by atoms with Gasteiger partial charge in [0, 0.05) is 36.4 Å². The molecule has 1 saturated heterocycles. The van der Waals surface area contributed by atoms with Crippen LogP contribution in [0.15, 0.2) is 12.1 Å². The Kier molecular flexibility index (Phi) is 3.54. The van der Waals surface area contributed by atoms with E-state index in [1.165, 1.54) is 31.4 Å². The smallest absolute Gasteiger partial charge is 0.133 e. The summed E-state index contributed by atoms with van der Waals surface area (Å²) in [6, 6.07) is 4.85. The van der Waals surface area contributed by atoms with E-state index >= 15 is 0 Å². The van der Waals surface area contributed by atoms with Crippen molar-refractivity contribution < 1.29 is 9.90 Å². The average molecular weight is 339 g/mol. The third-order valence-corrected chi connectivity index (χ3v) is 7.85. The lowest BCUT2D eigenvalue weighted by Crippen LogP contribution is -2.62. The maximum absolute atomic E-state index is 12.4. The predicted octanol–water partition coefficient (Wildman–Crippen LogP) is 3.74. The molecule has 0 aromatic heterocycles. The van der Waals surface area contributed by atoms with Crippen molar-refractivity contribution in [3.63, 3.8) is 0 Å². The number of carbonyl (C=O) groups is 1. The number of rotatable bonds is 2. The topological polar surface area (TPSA) is 40.5 Å². The molecule has 0 spiro atoms. The Bertz CT molecular complexity index is 723. The minimum absolute atomic E-state index is 0.0974. The summed E-state index contributed by atoms with van der Waals surface area (Å²) in [6.07, 6.45) is 8.69. The molecule has 3 atom stereocenters. The number of likely N-dealkylation sites (tertiary alicyclic amines) is 1. The van der Waals surface area contributed by atoms with Crippen LogP contribution in [0.4, 0.5) is 0 Å². The van der Waals surface area contributed by atoms with Gasteiger partial charge in [-0.2, -0.15) is 0 Å². The summed E-state index contributed by atoms with van der Waals surface area (Å²) in [5.41, 5.74) is 3.31. The molecule has 5 rings (SSSR count). The number of nitrogens with zero attached hydrogens (tertiary/aromatic N) is 1. The van der Waals surface area contributed by atoms with Crippen LogP contribution in [0, 0.1) is 18.8 Å². The van der Waals surface area contributed by atoms with Crippen LogP contribution < -0.4 is 0 Å². The summed E-state index contributed by atoms with van der Waals surface area (Å²) in [6.45, 7) is 4.33. The molecule has 1 aromatic rings. The van der Waals surface area contributed by atoms with Crippen molar-refractivity contribution in [3.05, 3.63) is 28.8 Å². The van der Waals surface area contributed by atoms with Crippen molar-refractivity contribution in [2.24, 2.45) is 11.8 Å². The molecular formula is C22H29NO2. The molecule has 0 unspecified atom stereocenters. The average Bonchev–Trinajstić information content (AvgIpc) is 2.55. The van der Waals surface area contributed by atoms with Crippen LogP contribution in [0.2, 0.25) is 0 Å². The summed E-state index contributed by atoms with van der Waals surface area (Å²) in [5.74, 6) is 2.31. The Labute approximate surface area is 150 Å². The number of hydrogen-bond acceptors (Lipinski definition) is 3. The van der Waals surface area contributed by atoms with Crippen LogP contribution in [0.3, 0.4) is 0 Å². The molecular weight excluding hydrogens is 310 g/mol. The third kappa shape index (κ3) is 2.24. The first kappa shape index (κ1) is 15.9. The zero-order chi connectivity index (χ0) is 17.2. The lowest BCUT2D eigenvalue weighted by molar-refractivity contribution is -0.127. The molecule has 3 aliphatic carbocycles. The van der Waals surface area contributed by atoms with Crippen LogP contribution >= 0.6 is 0 Å². The van der Waals surface area contributed by atoms with E-state index in [0.717, 1.165) is 49.3 Å². The molecule has 25 heavy (non-hydrogen) atoms. The summed E-state index contributed by atoms with van der Waals surface area (Å²) >= 11 is 0. The molecule has 2 bridgehead atoms. The second kappa shape index (κ2) is 5.57. The van der Waals surface area contributed by atoms with Crippen molar-refractivity contribution in [1.29, 1.82) is 0 Å². The van der Waals surface area contributed by atoms with Gasteiger partial charge in [-0.15, -0.1) is 0 Å². The fraction of sp³-hybridized carbons (Fsp3) is 0.682. The van der Waals surface area contributed by atoms with Gasteiger partial charge in [0.05, 0.1) is 0 Å². The van der Waals surface area contributed by atoms with Gasteiger partial charge >= 0.3 is 0 Å². The zero-order valence-electron chi connectivity index (χ0n) is 15.3. The summed E-state index contributed by atoms with van der Waals surface area (Å²) in [7, 11) is 0. The molecule has 0 amide bonds. The lowest BCUT2D eigenvalue weighted by atomic mass is 9.51. The maximum atomic E-state index is 12.4. The summed E-state index contributed by atoms with van der Waals surface area (Å²) in [4.78, 5) is 15.2. The van der Waals surface area contributed by atoms with Gasteiger partial charge in [-0.1, -0.05) is 18.6 Å². The van der Waals surface area contributed by atoms with E-state index in [4.69, 9.17) is 0 Å². The molecule has 0 radical (unpaired) electrons. The second-order valence-corrected chi connectivity index (χ2v) is 9.10. The van der Waals surface area contributed by atoms with Crippen molar-refractivity contribution in [3.8, 4) is 5.75 Å². The van der Waals surface area contributed by atoms with Gasteiger partial charge in [-0.3, -0.25) is 9.69 Å². The van der Waals surface area contributed by atoms with E-state index in [1.54, 1.807) is 0 Å². The number of phenolic OH excluding ortho intramolecular Hbond substituents is 1. The molecule has 4 aliphatic rings. The van der Waals surface area contributed by atoms with E-state index in [0.29, 0.717) is 29.9 Å². The molecule has 3 nitrogen and oxygen atoms in total. The van der Waals surface area contributed by atoms with E-state index in [-0.39, 0.29) is 5.41 Å². The largest absolute Gasteiger partial charge is 0.507 e. The first-order chi connectivity index (χ1) is 12.1. The normalized spacial score (nSPS) is 35.0. The molecule has 1 aromatic carbocycles. The molecule has 134 valence electrons. The fourth-order valence-electron chi connectivity index (χ4n) is 6.35. The minimum atomic E-state index is -0.0974. The first-order valence-electron chi connectivity index (χ1n) is 10.2. The fourth-order valence-corrected chi connectivity index (χ4v) is 6.35. The number of fused-ring (bicyclic) bond motifs is 1. The van der Waals surface area contributed by atoms with Gasteiger partial charge in [-0.05, 0) is 68.5 Å². The molecule has 1 aliphatic heterocycles. The van der Waals surface area contributed by atoms with Gasteiger partial charge in [-0.25, -0.2) is 0 Å². The Hall–Kier alpha value is -1.35. The number of ketones is 1. The first-order valence-corrected chi connectivity index (χ1v) is 10.2. The Morgan fingerprint density at radius 3 is 2.88 bits per heavy atom. The van der Waals surface area contributed by atoms with E-state index in [2.05, 4.69) is 17.0 Å². The van der Waals surface area contributed by atoms with Crippen molar-refractivity contribution in [2.45, 2.75) is 69.7 Å². The molecule has 1 heterocycles. The van der Waals surface area contributed by atoms with Crippen LogP contribution in [0.5, 0.6) is 5.75 Å². The van der Waals surface area contributed by atoms with Crippen LogP contribution in [-0.2, 0) is 16.6 Å². The van der Waals surface area contributed by atoms with Gasteiger partial charge in [0.1, 0.15) is 11.5 Å². The van der Waals surface area contributed by atoms with Gasteiger partial charge in [0.15, 0.2) is 0 Å². The number of carbonyl (C=O) groups excluding carboxylic acids is 1. The van der Waals surface area contributed by atoms with Gasteiger partial charge < -0.3 is 5.11 Å². The van der Waals surface area contributed by atoms with E-state index in [1.807, 2.05) is 6.92 Å². The van der Waals surface area contributed by atoms with Crippen molar-refractivity contribution in [2.75, 3.05) is 13.1 Å². The Morgan fingerprint density at radius 1 is 1.28 bits per heavy atom. The highest BCUT2D eigenvalue weighted by Crippen LogP contribution is 2.57. The lowest BCUT2D eigenvalue weighted by Gasteiger charge is -2.59. The summed E-state index contributed by atoms with van der Waals surface area (Å²) < 4.78 is 0. The predicted molar refractivity (Wildman–Crippen MR) is 97.9 cm³/mol. The Balaban J connectivity index is 1.59. The molecule has 1 N–H and O–H groups in total. The van der Waals surface area contributed by atoms with Crippen molar-refractivity contribution in [1.82, 2.24) is 4.90 Å². The number of aromatic hydroxyl groups is 1. The Morgan fingerprint density at radius 2 is 2.12 bits per heavy atom. The maximum Gasteiger partial charge on any atom is 0.133 e.